The second-order valence-corrected chi connectivity index (χ2v) is 23.5. The highest BCUT2D eigenvalue weighted by molar-refractivity contribution is 6.07. The van der Waals surface area contributed by atoms with Crippen molar-refractivity contribution in [2.24, 2.45) is 27.7 Å². The minimum absolute atomic E-state index is 0. The number of carbonyl (C=O) groups is 7. The van der Waals surface area contributed by atoms with Crippen molar-refractivity contribution in [3.63, 3.8) is 0 Å². The first-order valence-corrected chi connectivity index (χ1v) is 29.9. The second-order valence-electron chi connectivity index (χ2n) is 23.5. The number of hydrogen-bond acceptors (Lipinski definition) is 15. The van der Waals surface area contributed by atoms with Crippen LogP contribution >= 0.6 is 0 Å². The highest BCUT2D eigenvalue weighted by Crippen LogP contribution is 2.42. The molecule has 0 radical (unpaired) electrons. The van der Waals surface area contributed by atoms with Gasteiger partial charge in [-0.15, -0.1) is 0 Å². The number of nitrogens with one attached hydrogen (secondary N) is 2. The molecule has 6 aliphatic heterocycles. The number of likely N-dealkylation sites (tertiary alicyclic amines) is 1. The summed E-state index contributed by atoms with van der Waals surface area (Å²) in [6.07, 6.45) is 11.2. The number of piperazine rings is 1. The van der Waals surface area contributed by atoms with Gasteiger partial charge in [-0.1, -0.05) is 65.8 Å². The van der Waals surface area contributed by atoms with E-state index in [9.17, 15) is 33.6 Å². The lowest BCUT2D eigenvalue weighted by Crippen LogP contribution is -2.45. The van der Waals surface area contributed by atoms with Gasteiger partial charge in [-0.2, -0.15) is 0 Å². The maximum atomic E-state index is 14.2. The molecular formula is C67H81N9O11. The fraction of sp³-hybridized carbons (Fsp3) is 0.448. The molecule has 4 aromatic carbocycles. The number of hydrogen-bond donors (Lipinski definition) is 2. The van der Waals surface area contributed by atoms with Crippen molar-refractivity contribution in [3.05, 3.63) is 107 Å². The van der Waals surface area contributed by atoms with Gasteiger partial charge in [0, 0.05) is 131 Å². The van der Waals surface area contributed by atoms with Crippen molar-refractivity contribution >= 4 is 87.6 Å². The summed E-state index contributed by atoms with van der Waals surface area (Å²) in [5, 5.41) is 5.77. The van der Waals surface area contributed by atoms with Crippen LogP contribution in [-0.4, -0.2) is 159 Å². The summed E-state index contributed by atoms with van der Waals surface area (Å²) in [4.78, 5) is 111. The Morgan fingerprint density at radius 3 is 1.71 bits per heavy atom. The number of imide groups is 1. The molecule has 460 valence electrons. The molecule has 10 rings (SSSR count). The minimum atomic E-state index is -0.754. The summed E-state index contributed by atoms with van der Waals surface area (Å²) in [5.74, 6) is -1.02. The van der Waals surface area contributed by atoms with Gasteiger partial charge in [0.25, 0.3) is 11.8 Å². The first-order chi connectivity index (χ1) is 41.5. The van der Waals surface area contributed by atoms with Gasteiger partial charge in [-0.25, -0.2) is 0 Å². The molecule has 0 spiro atoms. The number of amides is 6. The molecule has 0 bridgehead atoms. The maximum Gasteiger partial charge on any atom is 0.260 e. The van der Waals surface area contributed by atoms with Crippen LogP contribution < -0.4 is 34.5 Å². The predicted octanol–water partition coefficient (Wildman–Crippen LogP) is 9.51. The average molecular weight is 1190 g/mol. The molecule has 87 heavy (non-hydrogen) atoms. The van der Waals surface area contributed by atoms with Gasteiger partial charge in [0.15, 0.2) is 28.8 Å². The Morgan fingerprint density at radius 2 is 1.21 bits per heavy atom. The molecule has 2 saturated heterocycles. The highest BCUT2D eigenvalue weighted by Gasteiger charge is 2.37. The number of aliphatic imine (C=N–C) groups is 2. The number of carbonyl (C=O) groups excluding carboxylic acids is 7. The van der Waals surface area contributed by atoms with E-state index >= 15 is 0 Å². The summed E-state index contributed by atoms with van der Waals surface area (Å²) in [6.45, 7) is 12.1. The zero-order valence-electron chi connectivity index (χ0n) is 50.1. The van der Waals surface area contributed by atoms with Crippen LogP contribution in [-0.2, 0) is 24.0 Å². The summed E-state index contributed by atoms with van der Waals surface area (Å²) in [5.41, 5.74) is 7.43. The van der Waals surface area contributed by atoms with E-state index in [1.165, 1.54) is 17.7 Å². The Balaban J connectivity index is 0.00000902. The van der Waals surface area contributed by atoms with Gasteiger partial charge in [0.05, 0.1) is 68.1 Å². The number of anilines is 2. The van der Waals surface area contributed by atoms with Gasteiger partial charge in [-0.05, 0) is 84.5 Å². The molecule has 0 aromatic heterocycles. The van der Waals surface area contributed by atoms with E-state index in [-0.39, 0.29) is 105 Å². The second kappa shape index (κ2) is 27.8. The molecule has 20 heteroatoms. The number of fused-ring (bicyclic) bond motifs is 4. The quantitative estimate of drug-likeness (QED) is 0.0494. The third-order valence-electron chi connectivity index (χ3n) is 16.9. The van der Waals surface area contributed by atoms with Crippen molar-refractivity contribution in [3.8, 4) is 23.0 Å². The summed E-state index contributed by atoms with van der Waals surface area (Å²) in [7, 11) is 5.21. The Morgan fingerprint density at radius 1 is 0.667 bits per heavy atom. The predicted molar refractivity (Wildman–Crippen MR) is 335 cm³/mol. The molecule has 0 saturated carbocycles. The van der Waals surface area contributed by atoms with Crippen LogP contribution in [0.4, 0.5) is 22.7 Å². The average Bonchev–Trinajstić information content (AvgIpc) is 1.93. The van der Waals surface area contributed by atoms with Crippen LogP contribution in [0.1, 0.15) is 125 Å². The van der Waals surface area contributed by atoms with Crippen molar-refractivity contribution in [2.75, 3.05) is 77.4 Å². The van der Waals surface area contributed by atoms with Gasteiger partial charge >= 0.3 is 0 Å². The van der Waals surface area contributed by atoms with E-state index in [1.807, 2.05) is 44.6 Å². The highest BCUT2D eigenvalue weighted by atomic mass is 16.5. The van der Waals surface area contributed by atoms with Crippen molar-refractivity contribution in [1.29, 1.82) is 0 Å². The Labute approximate surface area is 509 Å². The molecule has 5 atom stereocenters. The number of methoxy groups -OCH3 is 2. The van der Waals surface area contributed by atoms with E-state index in [0.29, 0.717) is 96.3 Å². The molecule has 1 unspecified atom stereocenters. The molecule has 2 N–H and O–H groups in total. The van der Waals surface area contributed by atoms with Crippen LogP contribution in [0.3, 0.4) is 0 Å². The zero-order valence-corrected chi connectivity index (χ0v) is 50.1. The van der Waals surface area contributed by atoms with Crippen LogP contribution in [0, 0.1) is 17.8 Å². The topological polar surface area (TPSA) is 221 Å². The molecule has 6 amide bonds. The number of nitrogens with zero attached hydrogens (tertiary/aromatic N) is 7. The minimum Gasteiger partial charge on any atom is -0.493 e. The van der Waals surface area contributed by atoms with Crippen LogP contribution in [0.5, 0.6) is 23.0 Å². The lowest BCUT2D eigenvalue weighted by molar-refractivity contribution is -0.139. The molecule has 4 aromatic rings. The fourth-order valence-corrected chi connectivity index (χ4v) is 11.8. The van der Waals surface area contributed by atoms with E-state index in [4.69, 9.17) is 28.9 Å². The first-order valence-electron chi connectivity index (χ1n) is 29.9. The maximum absolute atomic E-state index is 14.2. The lowest BCUT2D eigenvalue weighted by Gasteiger charge is -2.34. The van der Waals surface area contributed by atoms with Gasteiger partial charge < -0.3 is 49.2 Å². The fourth-order valence-electron chi connectivity index (χ4n) is 11.8. The third kappa shape index (κ3) is 14.3. The third-order valence-corrected chi connectivity index (χ3v) is 16.9. The number of ketones is 1. The molecule has 0 aliphatic carbocycles. The Bertz CT molecular complexity index is 3380. The SMILES string of the molecule is C.COc1cc2c(cc1OCCCOc1cc3c(cc1OC)C(=O)N1C=C(c4ccc(N5CCN(C)CC5)cc4)C[C@H]1C=N3)N=C[C@@H]1CC(c3ccc(NC(=O)[C@H](C)CC(=O)[C@@H](NC(=O)CCCCCN4C(=O)CC(C)C4=O)C(C)C)cc3)=CN1C2=O. The van der Waals surface area contributed by atoms with Crippen molar-refractivity contribution in [1.82, 2.24) is 24.9 Å². The van der Waals surface area contributed by atoms with Crippen molar-refractivity contribution in [2.45, 2.75) is 111 Å². The van der Waals surface area contributed by atoms with Crippen LogP contribution in [0.2, 0.25) is 0 Å². The van der Waals surface area contributed by atoms with Crippen molar-refractivity contribution < 1.29 is 52.5 Å². The number of ether oxygens (including phenoxy) is 4. The van der Waals surface area contributed by atoms with Crippen LogP contribution in [0.25, 0.3) is 11.1 Å². The molecule has 2 fully saturated rings. The number of likely N-dealkylation sites (N-methyl/N-ethyl adjacent to an activating group) is 1. The van der Waals surface area contributed by atoms with E-state index in [2.05, 4.69) is 51.7 Å². The van der Waals surface area contributed by atoms with Gasteiger partial charge in [0.1, 0.15) is 0 Å². The molecular weight excluding hydrogens is 1110 g/mol. The van der Waals surface area contributed by atoms with E-state index < -0.39 is 12.0 Å². The van der Waals surface area contributed by atoms with Gasteiger partial charge in [-0.3, -0.25) is 48.4 Å². The van der Waals surface area contributed by atoms with E-state index in [0.717, 1.165) is 48.5 Å². The normalized spacial score (nSPS) is 19.5. The molecule has 6 heterocycles. The van der Waals surface area contributed by atoms with Crippen LogP contribution in [0.15, 0.2) is 95.2 Å². The smallest absolute Gasteiger partial charge is 0.260 e. The standard InChI is InChI=1S/C66H77N9O11.CH4/c1-40(2)62(70-60(77)12-9-8-10-21-73-61(78)29-42(4)64(73)80)55(76)28-41(3)63(79)69-47-17-13-43(14-18-47)45-30-49-36-67-53-34-58(56(83-6)32-51(53)65(81)74(49)38-45)85-26-11-27-86-59-35-54-52(33-57(59)84-7)66(82)75-39-46(31-50(75)37-68-54)44-15-19-48(20-16-44)72-24-22-71(5)23-25-72;/h13-20,32-42,49-50,62H,8-12,21-31H2,1-7H3,(H,69,79)(H,70,77);1H4/t41-,42?,49+,50+,62+;/m1./s1. The lowest BCUT2D eigenvalue weighted by atomic mass is 9.92. The van der Waals surface area contributed by atoms with Gasteiger partial charge in [0.2, 0.25) is 23.6 Å². The zero-order chi connectivity index (χ0) is 60.8. The molecule has 6 aliphatic rings. The largest absolute Gasteiger partial charge is 0.493 e. The Hall–Kier alpha value is -8.65. The molecule has 20 nitrogen and oxygen atoms in total. The summed E-state index contributed by atoms with van der Waals surface area (Å²) < 4.78 is 23.8. The number of rotatable bonds is 24. The Kier molecular flexibility index (Phi) is 20.1. The van der Waals surface area contributed by atoms with E-state index in [1.54, 1.807) is 73.4 Å². The first kappa shape index (κ1) is 62.9. The summed E-state index contributed by atoms with van der Waals surface area (Å²) in [6, 6.07) is 21.4. The number of Topliss-reactive ketones (excluding diaryl/α,β-unsaturated/α-hetero) is 1. The number of unbranched alkanes of at least 4 members (excludes halogenated alkanes) is 2. The summed E-state index contributed by atoms with van der Waals surface area (Å²) >= 11 is 0. The monoisotopic (exact) mass is 1190 g/mol. The number of benzene rings is 4.